The van der Waals surface area contributed by atoms with Gasteiger partial charge in [-0.15, -0.1) is 10.2 Å². The molecule has 0 radical (unpaired) electrons. The van der Waals surface area contributed by atoms with Crippen LogP contribution in [0.5, 0.6) is 0 Å². The maximum atomic E-state index is 12.3. The fourth-order valence-electron chi connectivity index (χ4n) is 1.77. The minimum Gasteiger partial charge on any atom is -0.290 e. The molecule has 5 nitrogen and oxygen atoms in total. The number of nitrogens with one attached hydrogen (secondary N) is 1. The number of nitrogens with zero attached hydrogens (tertiary/aromatic N) is 3. The summed E-state index contributed by atoms with van der Waals surface area (Å²) in [5, 5.41) is 10.7. The van der Waals surface area contributed by atoms with Gasteiger partial charge in [0.25, 0.3) is 5.91 Å². The van der Waals surface area contributed by atoms with E-state index in [0.29, 0.717) is 17.2 Å². The molecule has 7 heteroatoms. The van der Waals surface area contributed by atoms with Crippen molar-refractivity contribution >= 4 is 56.0 Å². The van der Waals surface area contributed by atoms with Crippen LogP contribution in [-0.4, -0.2) is 20.5 Å². The Labute approximate surface area is 136 Å². The average molecular weight is 443 g/mol. The van der Waals surface area contributed by atoms with Gasteiger partial charge in [0.1, 0.15) is 0 Å². The lowest BCUT2D eigenvalue weighted by Crippen LogP contribution is -2.15. The molecule has 2 aromatic heterocycles. The molecular weight excluding hydrogens is 435 g/mol. The lowest BCUT2D eigenvalue weighted by Gasteiger charge is -2.06. The number of benzene rings is 1. The number of aromatic nitrogens is 3. The number of halogens is 2. The van der Waals surface area contributed by atoms with Gasteiger partial charge in [0.05, 0.1) is 5.56 Å². The van der Waals surface area contributed by atoms with Crippen LogP contribution in [0.3, 0.4) is 0 Å². The third-order valence-electron chi connectivity index (χ3n) is 2.71. The first-order chi connectivity index (χ1) is 9.65. The van der Waals surface area contributed by atoms with Crippen LogP contribution in [-0.2, 0) is 0 Å². The molecule has 3 rings (SSSR count). The molecule has 1 aromatic carbocycles. The van der Waals surface area contributed by atoms with Crippen molar-refractivity contribution in [2.24, 2.45) is 0 Å². The van der Waals surface area contributed by atoms with E-state index in [4.69, 9.17) is 0 Å². The van der Waals surface area contributed by atoms with Crippen LogP contribution in [0.15, 0.2) is 47.1 Å². The Morgan fingerprint density at radius 1 is 1.25 bits per heavy atom. The minimum atomic E-state index is -0.214. The summed E-state index contributed by atoms with van der Waals surface area (Å²) in [5.74, 6) is 0.190. The molecule has 3 aromatic rings. The predicted molar refractivity (Wildman–Crippen MR) is 87.8 cm³/mol. The van der Waals surface area contributed by atoms with Gasteiger partial charge >= 0.3 is 0 Å². The Morgan fingerprint density at radius 3 is 2.95 bits per heavy atom. The number of rotatable bonds is 2. The highest BCUT2D eigenvalue weighted by Crippen LogP contribution is 2.19. The van der Waals surface area contributed by atoms with Crippen molar-refractivity contribution < 1.29 is 4.79 Å². The number of hydrogen-bond acceptors (Lipinski definition) is 3. The molecule has 0 unspecified atom stereocenters. The Morgan fingerprint density at radius 2 is 2.10 bits per heavy atom. The first-order valence-corrected chi connectivity index (χ1v) is 7.58. The van der Waals surface area contributed by atoms with E-state index < -0.39 is 0 Å². The Bertz CT molecular complexity index is 802. The molecule has 1 amide bonds. The van der Waals surface area contributed by atoms with Gasteiger partial charge in [-0.3, -0.25) is 14.5 Å². The third kappa shape index (κ3) is 2.55. The van der Waals surface area contributed by atoms with Crippen molar-refractivity contribution in [2.45, 2.75) is 0 Å². The molecule has 2 heterocycles. The van der Waals surface area contributed by atoms with Crippen molar-refractivity contribution in [3.05, 3.63) is 56.2 Å². The van der Waals surface area contributed by atoms with Crippen LogP contribution >= 0.6 is 38.5 Å². The molecule has 0 saturated carbocycles. The quantitative estimate of drug-likeness (QED) is 0.619. The first-order valence-electron chi connectivity index (χ1n) is 5.71. The molecule has 0 aliphatic rings. The number of carbonyl (C=O) groups excluding carboxylic acids is 1. The number of carbonyl (C=O) groups is 1. The summed E-state index contributed by atoms with van der Waals surface area (Å²) in [6, 6.07) is 11.1. The van der Waals surface area contributed by atoms with Gasteiger partial charge in [-0.25, -0.2) is 0 Å². The van der Waals surface area contributed by atoms with E-state index in [2.05, 4.69) is 54.0 Å². The van der Waals surface area contributed by atoms with Crippen LogP contribution < -0.4 is 5.32 Å². The fourth-order valence-corrected chi connectivity index (χ4v) is 2.71. The standard InChI is InChI=1S/C13H8BrIN4O/c14-8-4-5-10(15)9(7-8)12(20)16-13-18-17-11-3-1-2-6-19(11)13/h1-7H,(H,16,18,20). The molecule has 0 aliphatic carbocycles. The van der Waals surface area contributed by atoms with Gasteiger partial charge in [0.2, 0.25) is 5.95 Å². The van der Waals surface area contributed by atoms with Crippen molar-refractivity contribution in [1.82, 2.24) is 14.6 Å². The van der Waals surface area contributed by atoms with Crippen molar-refractivity contribution in [3.8, 4) is 0 Å². The highest BCUT2D eigenvalue weighted by Gasteiger charge is 2.13. The highest BCUT2D eigenvalue weighted by molar-refractivity contribution is 14.1. The van der Waals surface area contributed by atoms with Gasteiger partial charge < -0.3 is 0 Å². The van der Waals surface area contributed by atoms with E-state index in [-0.39, 0.29) is 5.91 Å². The van der Waals surface area contributed by atoms with Crippen molar-refractivity contribution in [1.29, 1.82) is 0 Å². The minimum absolute atomic E-state index is 0.214. The lowest BCUT2D eigenvalue weighted by molar-refractivity contribution is 0.102. The van der Waals surface area contributed by atoms with Gasteiger partial charge in [-0.2, -0.15) is 0 Å². The molecule has 1 N–H and O–H groups in total. The smallest absolute Gasteiger partial charge is 0.259 e. The monoisotopic (exact) mass is 442 g/mol. The summed E-state index contributed by atoms with van der Waals surface area (Å²) in [4.78, 5) is 12.3. The summed E-state index contributed by atoms with van der Waals surface area (Å²) in [6.07, 6.45) is 1.80. The van der Waals surface area contributed by atoms with Gasteiger partial charge in [-0.05, 0) is 52.9 Å². The second-order valence-corrected chi connectivity index (χ2v) is 6.11. The van der Waals surface area contributed by atoms with E-state index >= 15 is 0 Å². The van der Waals surface area contributed by atoms with Crippen LogP contribution in [0.2, 0.25) is 0 Å². The maximum absolute atomic E-state index is 12.3. The van der Waals surface area contributed by atoms with Crippen LogP contribution in [0.1, 0.15) is 10.4 Å². The summed E-state index contributed by atoms with van der Waals surface area (Å²) in [6.45, 7) is 0. The van der Waals surface area contributed by atoms with E-state index in [1.54, 1.807) is 16.7 Å². The Balaban J connectivity index is 1.94. The van der Waals surface area contributed by atoms with Crippen LogP contribution in [0.4, 0.5) is 5.95 Å². The summed E-state index contributed by atoms with van der Waals surface area (Å²) in [5.41, 5.74) is 1.28. The topological polar surface area (TPSA) is 59.3 Å². The van der Waals surface area contributed by atoms with E-state index in [0.717, 1.165) is 8.04 Å². The number of pyridine rings is 1. The summed E-state index contributed by atoms with van der Waals surface area (Å²) < 4.78 is 3.45. The molecule has 0 fully saturated rings. The molecule has 20 heavy (non-hydrogen) atoms. The maximum Gasteiger partial charge on any atom is 0.259 e. The SMILES string of the molecule is O=C(Nc1nnc2ccccn12)c1cc(Br)ccc1I. The van der Waals surface area contributed by atoms with Crippen molar-refractivity contribution in [3.63, 3.8) is 0 Å². The average Bonchev–Trinajstić information content (AvgIpc) is 2.85. The van der Waals surface area contributed by atoms with E-state index in [1.165, 1.54) is 0 Å². The largest absolute Gasteiger partial charge is 0.290 e. The molecule has 0 saturated heterocycles. The van der Waals surface area contributed by atoms with Gasteiger partial charge in [0, 0.05) is 14.2 Å². The third-order valence-corrected chi connectivity index (χ3v) is 4.15. The number of hydrogen-bond donors (Lipinski definition) is 1. The Kier molecular flexibility index (Phi) is 3.70. The highest BCUT2D eigenvalue weighted by atomic mass is 127. The molecule has 100 valence electrons. The van der Waals surface area contributed by atoms with Crippen LogP contribution in [0.25, 0.3) is 5.65 Å². The summed E-state index contributed by atoms with van der Waals surface area (Å²) in [7, 11) is 0. The zero-order valence-corrected chi connectivity index (χ0v) is 13.8. The first kappa shape index (κ1) is 13.5. The van der Waals surface area contributed by atoms with E-state index in [1.807, 2.05) is 30.3 Å². The van der Waals surface area contributed by atoms with Gasteiger partial charge in [-0.1, -0.05) is 22.0 Å². The number of fused-ring (bicyclic) bond motifs is 1. The van der Waals surface area contributed by atoms with E-state index in [9.17, 15) is 4.79 Å². The van der Waals surface area contributed by atoms with Gasteiger partial charge in [0.15, 0.2) is 5.65 Å². The lowest BCUT2D eigenvalue weighted by atomic mass is 10.2. The zero-order chi connectivity index (χ0) is 14.1. The zero-order valence-electron chi connectivity index (χ0n) is 10.0. The number of anilines is 1. The predicted octanol–water partition coefficient (Wildman–Crippen LogP) is 3.35. The molecule has 0 spiro atoms. The molecule has 0 atom stereocenters. The molecule has 0 bridgehead atoms. The molecular formula is C13H8BrIN4O. The number of amides is 1. The van der Waals surface area contributed by atoms with Crippen molar-refractivity contribution in [2.75, 3.05) is 5.32 Å². The molecule has 0 aliphatic heterocycles. The Hall–Kier alpha value is -1.48. The van der Waals surface area contributed by atoms with Crippen LogP contribution in [0, 0.1) is 3.57 Å². The summed E-state index contributed by atoms with van der Waals surface area (Å²) >= 11 is 5.49. The second kappa shape index (κ2) is 5.49. The fraction of sp³-hybridized carbons (Fsp3) is 0. The second-order valence-electron chi connectivity index (χ2n) is 4.03. The normalized spacial score (nSPS) is 10.7.